The van der Waals surface area contributed by atoms with Crippen molar-refractivity contribution in [3.05, 3.63) is 29.5 Å². The van der Waals surface area contributed by atoms with Crippen LogP contribution in [-0.2, 0) is 4.79 Å². The average molecular weight is 306 g/mol. The van der Waals surface area contributed by atoms with Crippen molar-refractivity contribution in [2.45, 2.75) is 25.3 Å². The number of carboxylic acids is 1. The quantitative estimate of drug-likeness (QED) is 0.904. The van der Waals surface area contributed by atoms with Gasteiger partial charge < -0.3 is 14.8 Å². The molecule has 0 aliphatic heterocycles. The number of thiazole rings is 1. The molecule has 0 aromatic carbocycles. The summed E-state index contributed by atoms with van der Waals surface area (Å²) in [5.41, 5.74) is 0. The van der Waals surface area contributed by atoms with Crippen molar-refractivity contribution >= 4 is 23.2 Å². The molecule has 0 saturated heterocycles. The Hall–Kier alpha value is -2.15. The molecule has 0 spiro atoms. The van der Waals surface area contributed by atoms with Crippen LogP contribution in [0.25, 0.3) is 10.8 Å². The molecule has 1 fully saturated rings. The summed E-state index contributed by atoms with van der Waals surface area (Å²) in [6, 6.07) is 3.23. The van der Waals surface area contributed by atoms with E-state index in [1.165, 1.54) is 17.5 Å². The molecule has 3 rings (SSSR count). The van der Waals surface area contributed by atoms with Crippen molar-refractivity contribution in [3.63, 3.8) is 0 Å². The zero-order chi connectivity index (χ0) is 14.8. The lowest BCUT2D eigenvalue weighted by atomic mass is 10.0. The van der Waals surface area contributed by atoms with Gasteiger partial charge in [-0.25, -0.2) is 4.98 Å². The molecule has 2 atom stereocenters. The average Bonchev–Trinajstić information content (AvgIpc) is 3.19. The van der Waals surface area contributed by atoms with Gasteiger partial charge in [-0.15, -0.1) is 11.3 Å². The molecule has 2 aromatic heterocycles. The maximum absolute atomic E-state index is 12.2. The first kappa shape index (κ1) is 13.8. The summed E-state index contributed by atoms with van der Waals surface area (Å²) in [5, 5.41) is 12.6. The fourth-order valence-corrected chi connectivity index (χ4v) is 3.35. The molecule has 2 N–H and O–H groups in total. The van der Waals surface area contributed by atoms with Crippen molar-refractivity contribution < 1.29 is 19.1 Å². The number of rotatable bonds is 4. The lowest BCUT2D eigenvalue weighted by Crippen LogP contribution is -2.39. The van der Waals surface area contributed by atoms with E-state index in [-0.39, 0.29) is 11.9 Å². The van der Waals surface area contributed by atoms with Crippen LogP contribution >= 0.6 is 11.3 Å². The highest BCUT2D eigenvalue weighted by molar-refractivity contribution is 7.16. The van der Waals surface area contributed by atoms with Crippen molar-refractivity contribution in [1.29, 1.82) is 0 Å². The predicted octanol–water partition coefficient (Wildman–Crippen LogP) is 2.39. The minimum atomic E-state index is -0.849. The SMILES string of the molecule is O=C(N[C@H]1CCC[C@H]1C(=O)O)c1cnc(-c2ccco2)s1. The maximum atomic E-state index is 12.2. The van der Waals surface area contributed by atoms with Gasteiger partial charge in [-0.05, 0) is 25.0 Å². The minimum Gasteiger partial charge on any atom is -0.481 e. The summed E-state index contributed by atoms with van der Waals surface area (Å²) < 4.78 is 5.23. The second-order valence-electron chi connectivity index (χ2n) is 4.96. The van der Waals surface area contributed by atoms with E-state index in [0.29, 0.717) is 28.5 Å². The normalized spacial score (nSPS) is 21.3. The van der Waals surface area contributed by atoms with Crippen LogP contribution in [0.2, 0.25) is 0 Å². The topological polar surface area (TPSA) is 92.4 Å². The highest BCUT2D eigenvalue weighted by Crippen LogP contribution is 2.28. The highest BCUT2D eigenvalue weighted by atomic mass is 32.1. The summed E-state index contributed by atoms with van der Waals surface area (Å²) in [4.78, 5) is 27.9. The van der Waals surface area contributed by atoms with E-state index in [2.05, 4.69) is 10.3 Å². The van der Waals surface area contributed by atoms with E-state index in [1.54, 1.807) is 18.4 Å². The standard InChI is InChI=1S/C14H14N2O4S/c17-12(16-9-4-1-3-8(9)14(18)19)11-7-15-13(21-11)10-5-2-6-20-10/h2,5-9H,1,3-4H2,(H,16,17)(H,18,19)/t8-,9+/m1/s1. The molecule has 0 bridgehead atoms. The van der Waals surface area contributed by atoms with Gasteiger partial charge in [-0.1, -0.05) is 6.42 Å². The van der Waals surface area contributed by atoms with Gasteiger partial charge >= 0.3 is 5.97 Å². The molecule has 7 heteroatoms. The Morgan fingerprint density at radius 3 is 3.00 bits per heavy atom. The number of hydrogen-bond acceptors (Lipinski definition) is 5. The summed E-state index contributed by atoms with van der Waals surface area (Å²) in [6.45, 7) is 0. The lowest BCUT2D eigenvalue weighted by Gasteiger charge is -2.16. The summed E-state index contributed by atoms with van der Waals surface area (Å²) in [5.74, 6) is -1.00. The third-order valence-corrected chi connectivity index (χ3v) is 4.62. The van der Waals surface area contributed by atoms with Gasteiger partial charge in [0, 0.05) is 6.04 Å². The molecule has 0 unspecified atom stereocenters. The third-order valence-electron chi connectivity index (χ3n) is 3.61. The Balaban J connectivity index is 1.70. The van der Waals surface area contributed by atoms with Gasteiger partial charge in [0.25, 0.3) is 5.91 Å². The van der Waals surface area contributed by atoms with Crippen molar-refractivity contribution in [2.24, 2.45) is 5.92 Å². The van der Waals surface area contributed by atoms with E-state index < -0.39 is 11.9 Å². The van der Waals surface area contributed by atoms with Gasteiger partial charge in [0.05, 0.1) is 18.4 Å². The van der Waals surface area contributed by atoms with E-state index in [1.807, 2.05) is 0 Å². The molecule has 0 radical (unpaired) electrons. The van der Waals surface area contributed by atoms with E-state index in [9.17, 15) is 9.59 Å². The predicted molar refractivity (Wildman–Crippen MR) is 76.0 cm³/mol. The largest absolute Gasteiger partial charge is 0.481 e. The van der Waals surface area contributed by atoms with Crippen LogP contribution in [0.4, 0.5) is 0 Å². The van der Waals surface area contributed by atoms with Gasteiger partial charge in [-0.2, -0.15) is 0 Å². The Morgan fingerprint density at radius 2 is 2.29 bits per heavy atom. The van der Waals surface area contributed by atoms with Gasteiger partial charge in [0.1, 0.15) is 4.88 Å². The second kappa shape index (κ2) is 5.69. The first-order valence-electron chi connectivity index (χ1n) is 6.68. The molecular formula is C14H14N2O4S. The number of furan rings is 1. The maximum Gasteiger partial charge on any atom is 0.308 e. The summed E-state index contributed by atoms with van der Waals surface area (Å²) in [7, 11) is 0. The minimum absolute atomic E-state index is 0.275. The van der Waals surface area contributed by atoms with E-state index >= 15 is 0 Å². The monoisotopic (exact) mass is 306 g/mol. The van der Waals surface area contributed by atoms with Crippen LogP contribution in [0.3, 0.4) is 0 Å². The Kier molecular flexibility index (Phi) is 3.74. The molecule has 6 nitrogen and oxygen atoms in total. The molecule has 1 aliphatic carbocycles. The fraction of sp³-hybridized carbons (Fsp3) is 0.357. The van der Waals surface area contributed by atoms with Crippen molar-refractivity contribution in [2.75, 3.05) is 0 Å². The fourth-order valence-electron chi connectivity index (χ4n) is 2.56. The summed E-state index contributed by atoms with van der Waals surface area (Å²) >= 11 is 1.23. The zero-order valence-corrected chi connectivity index (χ0v) is 11.9. The van der Waals surface area contributed by atoms with Crippen LogP contribution in [0, 0.1) is 5.92 Å². The number of amides is 1. The number of hydrogen-bond donors (Lipinski definition) is 2. The van der Waals surface area contributed by atoms with Crippen LogP contribution in [0.15, 0.2) is 29.0 Å². The molecule has 1 amide bonds. The molecule has 2 heterocycles. The Morgan fingerprint density at radius 1 is 1.43 bits per heavy atom. The lowest BCUT2D eigenvalue weighted by molar-refractivity contribution is -0.142. The van der Waals surface area contributed by atoms with Crippen LogP contribution < -0.4 is 5.32 Å². The van der Waals surface area contributed by atoms with E-state index in [0.717, 1.165) is 6.42 Å². The highest BCUT2D eigenvalue weighted by Gasteiger charge is 2.34. The van der Waals surface area contributed by atoms with Crippen LogP contribution in [0.5, 0.6) is 0 Å². The number of nitrogens with zero attached hydrogens (tertiary/aromatic N) is 1. The number of aromatic nitrogens is 1. The number of carbonyl (C=O) groups excluding carboxylic acids is 1. The molecular weight excluding hydrogens is 292 g/mol. The molecule has 21 heavy (non-hydrogen) atoms. The summed E-state index contributed by atoms with van der Waals surface area (Å²) in [6.07, 6.45) is 5.17. The molecule has 1 aliphatic rings. The number of carbonyl (C=O) groups is 2. The molecule has 110 valence electrons. The van der Waals surface area contributed by atoms with Crippen LogP contribution in [0.1, 0.15) is 28.9 Å². The first-order chi connectivity index (χ1) is 10.1. The van der Waals surface area contributed by atoms with Crippen molar-refractivity contribution in [1.82, 2.24) is 10.3 Å². The number of aliphatic carboxylic acids is 1. The smallest absolute Gasteiger partial charge is 0.308 e. The Labute approximate surface area is 124 Å². The molecule has 2 aromatic rings. The second-order valence-corrected chi connectivity index (χ2v) is 5.99. The Bertz CT molecular complexity index is 650. The van der Waals surface area contributed by atoms with E-state index in [4.69, 9.17) is 9.52 Å². The van der Waals surface area contributed by atoms with Gasteiger partial charge in [-0.3, -0.25) is 9.59 Å². The first-order valence-corrected chi connectivity index (χ1v) is 7.50. The zero-order valence-electron chi connectivity index (χ0n) is 11.1. The molecule has 1 saturated carbocycles. The van der Waals surface area contributed by atoms with Crippen LogP contribution in [-0.4, -0.2) is 28.0 Å². The number of carboxylic acid groups (broad SMARTS) is 1. The van der Waals surface area contributed by atoms with Gasteiger partial charge in [0.2, 0.25) is 0 Å². The van der Waals surface area contributed by atoms with Gasteiger partial charge in [0.15, 0.2) is 10.8 Å². The van der Waals surface area contributed by atoms with Crippen molar-refractivity contribution in [3.8, 4) is 10.8 Å². The number of nitrogens with one attached hydrogen (secondary N) is 1. The third kappa shape index (κ3) is 2.82.